The summed E-state index contributed by atoms with van der Waals surface area (Å²) in [7, 11) is 1.32. The standard InChI is InChI=1S/C14H13NO4S/c1-18-14(17)12-10(4-6-20-12)15-13(16)9-7-8(9)11-3-2-5-19-11/h2-6,8-9H,7H2,1H3,(H,15,16). The molecule has 6 heteroatoms. The van der Waals surface area contributed by atoms with Crippen LogP contribution in [0.2, 0.25) is 0 Å². The van der Waals surface area contributed by atoms with E-state index < -0.39 is 5.97 Å². The van der Waals surface area contributed by atoms with E-state index in [1.54, 1.807) is 17.7 Å². The zero-order valence-corrected chi connectivity index (χ0v) is 11.6. The Labute approximate surface area is 119 Å². The molecule has 0 bridgehead atoms. The highest BCUT2D eigenvalue weighted by Gasteiger charge is 2.46. The highest BCUT2D eigenvalue weighted by Crippen LogP contribution is 2.48. The van der Waals surface area contributed by atoms with Gasteiger partial charge in [-0.2, -0.15) is 0 Å². The minimum Gasteiger partial charge on any atom is -0.469 e. The van der Waals surface area contributed by atoms with Crippen molar-refractivity contribution in [3.05, 3.63) is 40.5 Å². The maximum Gasteiger partial charge on any atom is 0.350 e. The summed E-state index contributed by atoms with van der Waals surface area (Å²) in [6, 6.07) is 5.40. The number of carbonyl (C=O) groups excluding carboxylic acids is 2. The van der Waals surface area contributed by atoms with Crippen molar-refractivity contribution in [1.82, 2.24) is 0 Å². The predicted molar refractivity (Wildman–Crippen MR) is 73.8 cm³/mol. The lowest BCUT2D eigenvalue weighted by molar-refractivity contribution is -0.117. The van der Waals surface area contributed by atoms with Gasteiger partial charge in [0, 0.05) is 11.8 Å². The first-order valence-electron chi connectivity index (χ1n) is 6.20. The Morgan fingerprint density at radius 1 is 1.45 bits per heavy atom. The molecule has 0 saturated heterocycles. The molecular weight excluding hydrogens is 278 g/mol. The molecule has 1 aliphatic carbocycles. The van der Waals surface area contributed by atoms with E-state index in [2.05, 4.69) is 10.1 Å². The number of thiophene rings is 1. The molecule has 5 nitrogen and oxygen atoms in total. The molecular formula is C14H13NO4S. The van der Waals surface area contributed by atoms with E-state index in [0.717, 1.165) is 12.2 Å². The lowest BCUT2D eigenvalue weighted by atomic mass is 10.2. The number of nitrogens with one attached hydrogen (secondary N) is 1. The summed E-state index contributed by atoms with van der Waals surface area (Å²) >= 11 is 1.25. The average molecular weight is 291 g/mol. The van der Waals surface area contributed by atoms with Crippen molar-refractivity contribution in [2.45, 2.75) is 12.3 Å². The molecule has 2 aromatic heterocycles. The normalized spacial score (nSPS) is 20.4. The molecule has 0 aromatic carbocycles. The second-order valence-corrected chi connectivity index (χ2v) is 5.52. The predicted octanol–water partition coefficient (Wildman–Crippen LogP) is 2.87. The van der Waals surface area contributed by atoms with Crippen molar-refractivity contribution in [3.8, 4) is 0 Å². The third-order valence-corrected chi connectivity index (χ3v) is 4.22. The zero-order valence-electron chi connectivity index (χ0n) is 10.8. The summed E-state index contributed by atoms with van der Waals surface area (Å²) in [5.74, 6) is 0.365. The van der Waals surface area contributed by atoms with Crippen molar-refractivity contribution in [3.63, 3.8) is 0 Å². The average Bonchev–Trinajstić information content (AvgIpc) is 2.89. The molecule has 0 spiro atoms. The van der Waals surface area contributed by atoms with Crippen LogP contribution in [-0.2, 0) is 9.53 Å². The number of carbonyl (C=O) groups is 2. The number of ether oxygens (including phenoxy) is 1. The van der Waals surface area contributed by atoms with Crippen LogP contribution in [0.4, 0.5) is 5.69 Å². The Kier molecular flexibility index (Phi) is 3.31. The number of furan rings is 1. The lowest BCUT2D eigenvalue weighted by Crippen LogP contribution is -2.16. The molecule has 3 rings (SSSR count). The number of methoxy groups -OCH3 is 1. The van der Waals surface area contributed by atoms with Crippen LogP contribution in [0.1, 0.15) is 27.8 Å². The fraction of sp³-hybridized carbons (Fsp3) is 0.286. The summed E-state index contributed by atoms with van der Waals surface area (Å²) in [6.07, 6.45) is 2.38. The summed E-state index contributed by atoms with van der Waals surface area (Å²) in [6.45, 7) is 0. The molecule has 104 valence electrons. The van der Waals surface area contributed by atoms with Crippen molar-refractivity contribution < 1.29 is 18.7 Å². The van der Waals surface area contributed by atoms with Gasteiger partial charge in [-0.15, -0.1) is 11.3 Å². The maximum atomic E-state index is 12.1. The summed E-state index contributed by atoms with van der Waals surface area (Å²) < 4.78 is 9.98. The van der Waals surface area contributed by atoms with Crippen LogP contribution in [0.15, 0.2) is 34.3 Å². The molecule has 2 atom stereocenters. The summed E-state index contributed by atoms with van der Waals surface area (Å²) in [5, 5.41) is 4.54. The van der Waals surface area contributed by atoms with Crippen LogP contribution in [0.5, 0.6) is 0 Å². The summed E-state index contributed by atoms with van der Waals surface area (Å²) in [4.78, 5) is 24.1. The molecule has 1 saturated carbocycles. The SMILES string of the molecule is COC(=O)c1sccc1NC(=O)C1CC1c1ccco1. The Morgan fingerprint density at radius 3 is 3.00 bits per heavy atom. The van der Waals surface area contributed by atoms with Gasteiger partial charge < -0.3 is 14.5 Å². The molecule has 0 radical (unpaired) electrons. The van der Waals surface area contributed by atoms with Gasteiger partial charge in [0.1, 0.15) is 10.6 Å². The van der Waals surface area contributed by atoms with Gasteiger partial charge in [0.2, 0.25) is 5.91 Å². The number of esters is 1. The molecule has 2 heterocycles. The topological polar surface area (TPSA) is 68.5 Å². The third-order valence-electron chi connectivity index (χ3n) is 3.33. The molecule has 1 amide bonds. The maximum absolute atomic E-state index is 12.1. The minimum atomic E-state index is -0.436. The second-order valence-electron chi connectivity index (χ2n) is 4.61. The monoisotopic (exact) mass is 291 g/mol. The molecule has 2 unspecified atom stereocenters. The first kappa shape index (κ1) is 12.9. The molecule has 0 aliphatic heterocycles. The van der Waals surface area contributed by atoms with Crippen LogP contribution in [0.3, 0.4) is 0 Å². The largest absolute Gasteiger partial charge is 0.469 e. The lowest BCUT2D eigenvalue weighted by Gasteiger charge is -2.04. The molecule has 1 aliphatic rings. The molecule has 1 N–H and O–H groups in total. The van der Waals surface area contributed by atoms with E-state index in [1.165, 1.54) is 18.4 Å². The van der Waals surface area contributed by atoms with Gasteiger partial charge in [-0.3, -0.25) is 4.79 Å². The quantitative estimate of drug-likeness (QED) is 0.879. The molecule has 1 fully saturated rings. The van der Waals surface area contributed by atoms with Gasteiger partial charge >= 0.3 is 5.97 Å². The van der Waals surface area contributed by atoms with Crippen molar-refractivity contribution in [2.24, 2.45) is 5.92 Å². The van der Waals surface area contributed by atoms with E-state index >= 15 is 0 Å². The highest BCUT2D eigenvalue weighted by molar-refractivity contribution is 7.12. The van der Waals surface area contributed by atoms with Gasteiger partial charge in [0.15, 0.2) is 0 Å². The van der Waals surface area contributed by atoms with Crippen molar-refractivity contribution in [2.75, 3.05) is 12.4 Å². The van der Waals surface area contributed by atoms with Crippen LogP contribution >= 0.6 is 11.3 Å². The first-order chi connectivity index (χ1) is 9.70. The molecule has 20 heavy (non-hydrogen) atoms. The fourth-order valence-electron chi connectivity index (χ4n) is 2.19. The Bertz CT molecular complexity index is 631. The zero-order chi connectivity index (χ0) is 14.1. The van der Waals surface area contributed by atoms with Gasteiger partial charge in [-0.05, 0) is 30.0 Å². The van der Waals surface area contributed by atoms with Crippen LogP contribution in [-0.4, -0.2) is 19.0 Å². The van der Waals surface area contributed by atoms with Gasteiger partial charge in [-0.1, -0.05) is 0 Å². The van der Waals surface area contributed by atoms with E-state index in [-0.39, 0.29) is 17.7 Å². The van der Waals surface area contributed by atoms with Crippen LogP contribution < -0.4 is 5.32 Å². The first-order valence-corrected chi connectivity index (χ1v) is 7.08. The second kappa shape index (κ2) is 5.13. The Hall–Kier alpha value is -2.08. The van der Waals surface area contributed by atoms with Crippen LogP contribution in [0.25, 0.3) is 0 Å². The van der Waals surface area contributed by atoms with Gasteiger partial charge in [-0.25, -0.2) is 4.79 Å². The molecule has 2 aromatic rings. The van der Waals surface area contributed by atoms with Gasteiger partial charge in [0.25, 0.3) is 0 Å². The number of anilines is 1. The van der Waals surface area contributed by atoms with Gasteiger partial charge in [0.05, 0.1) is 19.1 Å². The van der Waals surface area contributed by atoms with Crippen LogP contribution in [0, 0.1) is 5.92 Å². The third kappa shape index (κ3) is 2.34. The van der Waals surface area contributed by atoms with Crippen molar-refractivity contribution >= 4 is 28.9 Å². The van der Waals surface area contributed by atoms with E-state index in [1.807, 2.05) is 12.1 Å². The Morgan fingerprint density at radius 2 is 2.30 bits per heavy atom. The number of amides is 1. The minimum absolute atomic E-state index is 0.0880. The summed E-state index contributed by atoms with van der Waals surface area (Å²) in [5.41, 5.74) is 0.511. The van der Waals surface area contributed by atoms with Crippen molar-refractivity contribution in [1.29, 1.82) is 0 Å². The van der Waals surface area contributed by atoms with E-state index in [0.29, 0.717) is 10.6 Å². The number of hydrogen-bond donors (Lipinski definition) is 1. The fourth-order valence-corrected chi connectivity index (χ4v) is 2.95. The Balaban J connectivity index is 1.66. The smallest absolute Gasteiger partial charge is 0.350 e. The highest BCUT2D eigenvalue weighted by atomic mass is 32.1. The number of hydrogen-bond acceptors (Lipinski definition) is 5. The van der Waals surface area contributed by atoms with E-state index in [9.17, 15) is 9.59 Å². The number of rotatable bonds is 4. The van der Waals surface area contributed by atoms with E-state index in [4.69, 9.17) is 4.42 Å².